The van der Waals surface area contributed by atoms with Gasteiger partial charge in [0.15, 0.2) is 5.69 Å². The second kappa shape index (κ2) is 13.6. The molecule has 13 aromatic rings. The number of para-hydroxylation sites is 3. The summed E-state index contributed by atoms with van der Waals surface area (Å²) in [6, 6.07) is 61.3. The molecule has 69 heavy (non-hydrogen) atoms. The van der Waals surface area contributed by atoms with Crippen LogP contribution in [-0.4, -0.2) is 28.7 Å². The summed E-state index contributed by atoms with van der Waals surface area (Å²) >= 11 is 0. The first kappa shape index (κ1) is 37.4. The van der Waals surface area contributed by atoms with Crippen LogP contribution in [0.5, 0.6) is 11.5 Å². The number of fused-ring (bicyclic) bond motifs is 18. The van der Waals surface area contributed by atoms with Gasteiger partial charge < -0.3 is 18.4 Å². The van der Waals surface area contributed by atoms with Crippen molar-refractivity contribution in [1.82, 2.24) is 28.7 Å². The number of hydrogen-bond acceptors (Lipinski definition) is 5. The number of pyridine rings is 3. The molecule has 7 heterocycles. The molecule has 9 heteroatoms. The van der Waals surface area contributed by atoms with E-state index in [4.69, 9.17) is 21.3 Å². The maximum absolute atomic E-state index is 9.80. The summed E-state index contributed by atoms with van der Waals surface area (Å²) in [5.41, 5.74) is 15.1. The summed E-state index contributed by atoms with van der Waals surface area (Å²) in [7, 11) is 0. The van der Waals surface area contributed by atoms with Crippen molar-refractivity contribution < 1.29 is 4.74 Å². The topological polar surface area (TPSA) is 90.8 Å². The highest BCUT2D eigenvalue weighted by molar-refractivity contribution is 6.13. The molecule has 0 fully saturated rings. The zero-order chi connectivity index (χ0) is 45.5. The maximum Gasteiger partial charge on any atom is 0.188 e. The van der Waals surface area contributed by atoms with Gasteiger partial charge in [0, 0.05) is 67.4 Å². The molecule has 0 radical (unpaired) electrons. The molecule has 7 aromatic carbocycles. The third kappa shape index (κ3) is 4.87. The van der Waals surface area contributed by atoms with Gasteiger partial charge in [0.05, 0.1) is 86.2 Å². The molecule has 0 saturated carbocycles. The normalized spacial score (nSPS) is 14.5. The van der Waals surface area contributed by atoms with Crippen molar-refractivity contribution in [2.45, 2.75) is 5.41 Å². The standard InChI is InChI=1S/C60H32N8O/c1-62-36-17-21-53-44(28-36)40-9-2-6-14-51(40)68(53)39-31-49-59(65-33-39)58-47(12-8-25-64-58)60(49)46-11-4-7-15-56(46)69-57-23-19-38(30-48(57)60)66-50-13-5-3-10-41(50)45-29-37(18-22-54(45)66)67-52-20-16-35(32-61)27-43(52)42-24-26-63-34-55(42)67/h2-31,33-34H. The second-order valence-corrected chi connectivity index (χ2v) is 17.8. The monoisotopic (exact) mass is 880 g/mol. The molecule has 318 valence electrons. The Morgan fingerprint density at radius 3 is 1.90 bits per heavy atom. The molecule has 15 rings (SSSR count). The van der Waals surface area contributed by atoms with Crippen LogP contribution in [0.15, 0.2) is 195 Å². The third-order valence-corrected chi connectivity index (χ3v) is 14.5. The van der Waals surface area contributed by atoms with Gasteiger partial charge >= 0.3 is 0 Å². The van der Waals surface area contributed by atoms with Crippen LogP contribution in [0.3, 0.4) is 0 Å². The van der Waals surface area contributed by atoms with Gasteiger partial charge in [-0.3, -0.25) is 15.0 Å². The molecule has 0 bridgehead atoms. The first-order valence-electron chi connectivity index (χ1n) is 22.7. The third-order valence-electron chi connectivity index (χ3n) is 14.5. The molecular weight excluding hydrogens is 849 g/mol. The van der Waals surface area contributed by atoms with E-state index >= 15 is 0 Å². The fourth-order valence-electron chi connectivity index (χ4n) is 11.7. The molecule has 9 nitrogen and oxygen atoms in total. The van der Waals surface area contributed by atoms with Gasteiger partial charge in [-0.2, -0.15) is 5.26 Å². The smallest absolute Gasteiger partial charge is 0.188 e. The molecule has 0 N–H and O–H groups in total. The summed E-state index contributed by atoms with van der Waals surface area (Å²) in [6.45, 7) is 7.79. The lowest BCUT2D eigenvalue weighted by Crippen LogP contribution is -2.32. The van der Waals surface area contributed by atoms with Crippen LogP contribution >= 0.6 is 0 Å². The van der Waals surface area contributed by atoms with Gasteiger partial charge in [-0.25, -0.2) is 4.85 Å². The first-order chi connectivity index (χ1) is 34.1. The highest BCUT2D eigenvalue weighted by Gasteiger charge is 2.53. The fraction of sp³-hybridized carbons (Fsp3) is 0.0167. The summed E-state index contributed by atoms with van der Waals surface area (Å²) < 4.78 is 13.8. The van der Waals surface area contributed by atoms with Gasteiger partial charge in [0.1, 0.15) is 11.5 Å². The van der Waals surface area contributed by atoms with Crippen LogP contribution in [0.25, 0.3) is 98.7 Å². The summed E-state index contributed by atoms with van der Waals surface area (Å²) in [6.07, 6.45) is 7.52. The SMILES string of the molecule is [C-]#[N+]c1ccc2c(c1)c1ccccc1n2-c1cnc2c(c1)C1(c3ccccc3Oc3ccc(-n4c5ccccc5c5cc(-n6c7ccc(C#N)cc7c7ccncc76)ccc54)cc31)c1cccnc1-2. The molecule has 1 spiro atoms. The Labute approximate surface area is 393 Å². The molecule has 2 aliphatic rings. The Bertz CT molecular complexity index is 4520. The number of rotatable bonds is 3. The van der Waals surface area contributed by atoms with E-state index < -0.39 is 5.41 Å². The number of nitrogens with zero attached hydrogens (tertiary/aromatic N) is 8. The van der Waals surface area contributed by atoms with Crippen LogP contribution in [0.4, 0.5) is 5.69 Å². The van der Waals surface area contributed by atoms with Gasteiger partial charge in [-0.15, -0.1) is 0 Å². The van der Waals surface area contributed by atoms with Crippen molar-refractivity contribution in [3.63, 3.8) is 0 Å². The van der Waals surface area contributed by atoms with Gasteiger partial charge in [-0.1, -0.05) is 66.7 Å². The molecule has 1 aliphatic heterocycles. The van der Waals surface area contributed by atoms with Crippen molar-refractivity contribution >= 4 is 71.1 Å². The molecule has 6 aromatic heterocycles. The van der Waals surface area contributed by atoms with Crippen LogP contribution < -0.4 is 4.74 Å². The number of nitriles is 1. The van der Waals surface area contributed by atoms with E-state index in [2.05, 4.69) is 145 Å². The quantitative estimate of drug-likeness (QED) is 0.165. The molecule has 0 saturated heterocycles. The minimum Gasteiger partial charge on any atom is -0.457 e. The Balaban J connectivity index is 0.981. The molecule has 1 aliphatic carbocycles. The molecule has 1 atom stereocenters. The minimum atomic E-state index is -0.861. The van der Waals surface area contributed by atoms with Crippen molar-refractivity contribution in [3.05, 3.63) is 234 Å². The Morgan fingerprint density at radius 2 is 1.07 bits per heavy atom. The highest BCUT2D eigenvalue weighted by Crippen LogP contribution is 2.62. The predicted octanol–water partition coefficient (Wildman–Crippen LogP) is 14.1. The minimum absolute atomic E-state index is 0.601. The molecular formula is C60H32N8O. The molecule has 0 amide bonds. The lowest BCUT2D eigenvalue weighted by molar-refractivity contribution is 0.436. The second-order valence-electron chi connectivity index (χ2n) is 17.8. The average molecular weight is 881 g/mol. The molecule has 1 unspecified atom stereocenters. The van der Waals surface area contributed by atoms with Gasteiger partial charge in [0.2, 0.25) is 0 Å². The maximum atomic E-state index is 9.80. The van der Waals surface area contributed by atoms with E-state index in [-0.39, 0.29) is 0 Å². The Kier molecular flexibility index (Phi) is 7.38. The lowest BCUT2D eigenvalue weighted by Gasteiger charge is -2.39. The van der Waals surface area contributed by atoms with E-state index in [0.29, 0.717) is 11.3 Å². The van der Waals surface area contributed by atoms with E-state index in [1.54, 1.807) is 0 Å². The van der Waals surface area contributed by atoms with E-state index in [1.165, 1.54) is 0 Å². The van der Waals surface area contributed by atoms with Crippen LogP contribution in [0.1, 0.15) is 27.8 Å². The largest absolute Gasteiger partial charge is 0.457 e. The van der Waals surface area contributed by atoms with Crippen molar-refractivity contribution in [1.29, 1.82) is 5.26 Å². The van der Waals surface area contributed by atoms with Crippen molar-refractivity contribution in [3.8, 4) is 46.0 Å². The Hall–Kier alpha value is -9.83. The van der Waals surface area contributed by atoms with Crippen molar-refractivity contribution in [2.75, 3.05) is 0 Å². The fourth-order valence-corrected chi connectivity index (χ4v) is 11.7. The number of ether oxygens (including phenoxy) is 1. The summed E-state index contributed by atoms with van der Waals surface area (Å²) in [4.78, 5) is 18.7. The van der Waals surface area contributed by atoms with Crippen LogP contribution in [0, 0.1) is 17.9 Å². The zero-order valence-corrected chi connectivity index (χ0v) is 36.5. The first-order valence-corrected chi connectivity index (χ1v) is 22.7. The average Bonchev–Trinajstić information content (AvgIpc) is 4.12. The zero-order valence-electron chi connectivity index (χ0n) is 36.5. The van der Waals surface area contributed by atoms with Crippen LogP contribution in [-0.2, 0) is 5.41 Å². The predicted molar refractivity (Wildman–Crippen MR) is 271 cm³/mol. The van der Waals surface area contributed by atoms with E-state index in [9.17, 15) is 5.26 Å². The van der Waals surface area contributed by atoms with E-state index in [0.717, 1.165) is 128 Å². The highest BCUT2D eigenvalue weighted by atomic mass is 16.5. The summed E-state index contributed by atoms with van der Waals surface area (Å²) in [5.74, 6) is 1.54. The van der Waals surface area contributed by atoms with Gasteiger partial charge in [-0.05, 0) is 114 Å². The number of benzene rings is 7. The number of aromatic nitrogens is 6. The summed E-state index contributed by atoms with van der Waals surface area (Å²) in [5, 5.41) is 16.2. The van der Waals surface area contributed by atoms with Gasteiger partial charge in [0.25, 0.3) is 0 Å². The van der Waals surface area contributed by atoms with E-state index in [1.807, 2.05) is 79.4 Å². The van der Waals surface area contributed by atoms with Crippen molar-refractivity contribution in [2.24, 2.45) is 0 Å². The number of hydrogen-bond donors (Lipinski definition) is 0. The Morgan fingerprint density at radius 1 is 0.464 bits per heavy atom. The lowest BCUT2D eigenvalue weighted by atomic mass is 9.66. The van der Waals surface area contributed by atoms with Crippen LogP contribution in [0.2, 0.25) is 0 Å².